The Labute approximate surface area is 353 Å². The molecule has 0 radical (unpaired) electrons. The van der Waals surface area contributed by atoms with E-state index in [-0.39, 0.29) is 18.5 Å². The molecule has 3 N–H and O–H groups in total. The van der Waals surface area contributed by atoms with Crippen molar-refractivity contribution in [1.82, 2.24) is 5.32 Å². The summed E-state index contributed by atoms with van der Waals surface area (Å²) in [5.41, 5.74) is 0. The second-order valence-corrected chi connectivity index (χ2v) is 16.4. The number of hydrogen-bond donors (Lipinski definition) is 3. The van der Waals surface area contributed by atoms with Gasteiger partial charge in [0.1, 0.15) is 0 Å². The molecular formula is C51H93NO5. The highest BCUT2D eigenvalue weighted by Gasteiger charge is 2.18. The number of rotatable bonds is 44. The SMILES string of the molecule is CCCC/C=C\C/C=C\CCCCCCCC(=O)OCCCC/C=C\CCCCCCCC(=O)NC(CO)C(O)/C=C/CCCCCCCCCCCCCCC. The zero-order chi connectivity index (χ0) is 41.5. The van der Waals surface area contributed by atoms with E-state index in [9.17, 15) is 19.8 Å². The summed E-state index contributed by atoms with van der Waals surface area (Å²) in [6, 6.07) is -0.650. The van der Waals surface area contributed by atoms with Gasteiger partial charge < -0.3 is 20.3 Å². The number of allylic oxidation sites excluding steroid dienone is 7. The number of aliphatic hydroxyl groups is 2. The zero-order valence-electron chi connectivity index (χ0n) is 37.6. The lowest BCUT2D eigenvalue weighted by molar-refractivity contribution is -0.143. The van der Waals surface area contributed by atoms with Gasteiger partial charge in [0, 0.05) is 12.8 Å². The summed E-state index contributed by atoms with van der Waals surface area (Å²) in [6.07, 6.45) is 56.7. The number of nitrogens with one attached hydrogen (secondary N) is 1. The summed E-state index contributed by atoms with van der Waals surface area (Å²) in [7, 11) is 0. The van der Waals surface area contributed by atoms with Gasteiger partial charge in [0.2, 0.25) is 5.91 Å². The van der Waals surface area contributed by atoms with Crippen LogP contribution in [0.15, 0.2) is 48.6 Å². The normalized spacial score (nSPS) is 13.1. The van der Waals surface area contributed by atoms with Crippen LogP contribution >= 0.6 is 0 Å². The quantitative estimate of drug-likeness (QED) is 0.0324. The Morgan fingerprint density at radius 1 is 0.491 bits per heavy atom. The number of ether oxygens (including phenoxy) is 1. The minimum atomic E-state index is -0.863. The number of carbonyl (C=O) groups is 2. The molecule has 0 saturated carbocycles. The third-order valence-electron chi connectivity index (χ3n) is 10.8. The van der Waals surface area contributed by atoms with Crippen molar-refractivity contribution in [3.8, 4) is 0 Å². The van der Waals surface area contributed by atoms with E-state index < -0.39 is 12.1 Å². The second kappa shape index (κ2) is 46.5. The molecule has 57 heavy (non-hydrogen) atoms. The van der Waals surface area contributed by atoms with Crippen molar-refractivity contribution in [3.05, 3.63) is 48.6 Å². The molecule has 0 rings (SSSR count). The van der Waals surface area contributed by atoms with Crippen molar-refractivity contribution in [3.63, 3.8) is 0 Å². The van der Waals surface area contributed by atoms with Crippen LogP contribution in [0.2, 0.25) is 0 Å². The van der Waals surface area contributed by atoms with Gasteiger partial charge in [-0.2, -0.15) is 0 Å². The van der Waals surface area contributed by atoms with Crippen molar-refractivity contribution < 1.29 is 24.5 Å². The van der Waals surface area contributed by atoms with Crippen LogP contribution < -0.4 is 5.32 Å². The van der Waals surface area contributed by atoms with Gasteiger partial charge >= 0.3 is 5.97 Å². The zero-order valence-corrected chi connectivity index (χ0v) is 37.6. The molecule has 0 spiro atoms. The molecule has 0 aromatic carbocycles. The Balaban J connectivity index is 3.59. The lowest BCUT2D eigenvalue weighted by Gasteiger charge is -2.20. The number of hydrogen-bond acceptors (Lipinski definition) is 5. The highest BCUT2D eigenvalue weighted by Crippen LogP contribution is 2.14. The molecule has 2 unspecified atom stereocenters. The number of aliphatic hydroxyl groups excluding tert-OH is 2. The largest absolute Gasteiger partial charge is 0.466 e. The first-order chi connectivity index (χ1) is 28.0. The predicted molar refractivity (Wildman–Crippen MR) is 245 cm³/mol. The molecule has 0 aromatic rings. The minimum Gasteiger partial charge on any atom is -0.466 e. The Kier molecular flexibility index (Phi) is 44.7. The molecule has 332 valence electrons. The minimum absolute atomic E-state index is 0.0487. The second-order valence-electron chi connectivity index (χ2n) is 16.4. The first kappa shape index (κ1) is 54.8. The van der Waals surface area contributed by atoms with Crippen LogP contribution in [0.4, 0.5) is 0 Å². The summed E-state index contributed by atoms with van der Waals surface area (Å²) < 4.78 is 5.42. The molecule has 2 atom stereocenters. The standard InChI is InChI=1S/C51H93NO5/c1-3-5-7-9-11-13-15-17-19-20-23-27-31-35-39-43-49(54)48(47-53)52-50(55)44-40-36-32-28-24-22-26-30-34-38-42-46-57-51(56)45-41-37-33-29-25-21-18-16-14-12-10-8-6-4-2/h10,12,16,18,26,30,39,43,48-49,53-54H,3-9,11,13-15,17,19-25,27-29,31-38,40-42,44-47H2,1-2H3,(H,52,55)/b12-10-,18-16-,30-26-,43-39+. The molecule has 0 aliphatic carbocycles. The number of amides is 1. The smallest absolute Gasteiger partial charge is 0.305 e. The number of unbranched alkanes of at least 4 members (excludes halogenated alkanes) is 27. The highest BCUT2D eigenvalue weighted by molar-refractivity contribution is 5.76. The van der Waals surface area contributed by atoms with Crippen molar-refractivity contribution in [2.24, 2.45) is 0 Å². The molecule has 0 fully saturated rings. The van der Waals surface area contributed by atoms with Crippen LogP contribution in [0.25, 0.3) is 0 Å². The van der Waals surface area contributed by atoms with E-state index in [2.05, 4.69) is 55.6 Å². The average molecular weight is 800 g/mol. The lowest BCUT2D eigenvalue weighted by atomic mass is 10.0. The summed E-state index contributed by atoms with van der Waals surface area (Å²) >= 11 is 0. The van der Waals surface area contributed by atoms with Crippen LogP contribution in [0.1, 0.15) is 239 Å². The van der Waals surface area contributed by atoms with Gasteiger partial charge in [-0.05, 0) is 83.5 Å². The summed E-state index contributed by atoms with van der Waals surface area (Å²) in [6.45, 7) is 4.76. The predicted octanol–water partition coefficient (Wildman–Crippen LogP) is 14.3. The Bertz CT molecular complexity index is 973. The molecule has 0 bridgehead atoms. The maximum absolute atomic E-state index is 12.4. The molecule has 6 nitrogen and oxygen atoms in total. The van der Waals surface area contributed by atoms with Gasteiger partial charge in [-0.25, -0.2) is 0 Å². The molecule has 0 aliphatic rings. The summed E-state index contributed by atoms with van der Waals surface area (Å²) in [5.74, 6) is -0.148. The molecule has 1 amide bonds. The van der Waals surface area contributed by atoms with Crippen molar-refractivity contribution in [1.29, 1.82) is 0 Å². The maximum Gasteiger partial charge on any atom is 0.305 e. The molecule has 0 heterocycles. The van der Waals surface area contributed by atoms with E-state index in [1.165, 1.54) is 116 Å². The van der Waals surface area contributed by atoms with Crippen LogP contribution in [-0.4, -0.2) is 47.4 Å². The van der Waals surface area contributed by atoms with Crippen molar-refractivity contribution in [2.45, 2.75) is 251 Å². The third kappa shape index (κ3) is 43.2. The Hall–Kier alpha value is -2.18. The fraction of sp³-hybridized carbons (Fsp3) is 0.804. The topological polar surface area (TPSA) is 95.9 Å². The first-order valence-corrected chi connectivity index (χ1v) is 24.4. The molecule has 6 heteroatoms. The highest BCUT2D eigenvalue weighted by atomic mass is 16.5. The lowest BCUT2D eigenvalue weighted by Crippen LogP contribution is -2.45. The average Bonchev–Trinajstić information content (AvgIpc) is 3.21. The molecule has 0 aliphatic heterocycles. The molecule has 0 saturated heterocycles. The summed E-state index contributed by atoms with van der Waals surface area (Å²) in [4.78, 5) is 24.4. The van der Waals surface area contributed by atoms with Crippen LogP contribution in [-0.2, 0) is 14.3 Å². The maximum atomic E-state index is 12.4. The van der Waals surface area contributed by atoms with E-state index in [0.29, 0.717) is 19.4 Å². The fourth-order valence-electron chi connectivity index (χ4n) is 6.99. The van der Waals surface area contributed by atoms with Gasteiger partial charge in [0.25, 0.3) is 0 Å². The Morgan fingerprint density at radius 2 is 0.895 bits per heavy atom. The molecular weight excluding hydrogens is 707 g/mol. The number of esters is 1. The van der Waals surface area contributed by atoms with E-state index in [1.807, 2.05) is 6.08 Å². The van der Waals surface area contributed by atoms with Crippen LogP contribution in [0.3, 0.4) is 0 Å². The van der Waals surface area contributed by atoms with Crippen molar-refractivity contribution >= 4 is 11.9 Å². The Morgan fingerprint density at radius 3 is 1.40 bits per heavy atom. The summed E-state index contributed by atoms with van der Waals surface area (Å²) in [5, 5.41) is 23.0. The van der Waals surface area contributed by atoms with E-state index >= 15 is 0 Å². The number of carbonyl (C=O) groups excluding carboxylic acids is 2. The monoisotopic (exact) mass is 800 g/mol. The van der Waals surface area contributed by atoms with E-state index in [4.69, 9.17) is 4.74 Å². The van der Waals surface area contributed by atoms with Gasteiger partial charge in [0.05, 0.1) is 25.4 Å². The van der Waals surface area contributed by atoms with E-state index in [1.54, 1.807) is 6.08 Å². The van der Waals surface area contributed by atoms with Crippen molar-refractivity contribution in [2.75, 3.05) is 13.2 Å². The molecule has 0 aromatic heterocycles. The van der Waals surface area contributed by atoms with Gasteiger partial charge in [-0.15, -0.1) is 0 Å². The van der Waals surface area contributed by atoms with Crippen LogP contribution in [0.5, 0.6) is 0 Å². The first-order valence-electron chi connectivity index (χ1n) is 24.4. The van der Waals surface area contributed by atoms with E-state index in [0.717, 1.165) is 96.3 Å². The van der Waals surface area contributed by atoms with Gasteiger partial charge in [0.15, 0.2) is 0 Å². The van der Waals surface area contributed by atoms with Crippen LogP contribution in [0, 0.1) is 0 Å². The van der Waals surface area contributed by atoms with Gasteiger partial charge in [-0.1, -0.05) is 191 Å². The van der Waals surface area contributed by atoms with Gasteiger partial charge in [-0.3, -0.25) is 9.59 Å². The fourth-order valence-corrected chi connectivity index (χ4v) is 6.99. The third-order valence-corrected chi connectivity index (χ3v) is 10.8.